The molecule has 0 unspecified atom stereocenters. The lowest BCUT2D eigenvalue weighted by Gasteiger charge is -2.18. The van der Waals surface area contributed by atoms with E-state index in [2.05, 4.69) is 5.10 Å². The summed E-state index contributed by atoms with van der Waals surface area (Å²) in [5.41, 5.74) is 3.20. The Morgan fingerprint density at radius 3 is 2.21 bits per heavy atom. The Hall–Kier alpha value is -2.53. The molecule has 0 aliphatic heterocycles. The van der Waals surface area contributed by atoms with Crippen LogP contribution in [0.3, 0.4) is 0 Å². The van der Waals surface area contributed by atoms with Crippen LogP contribution in [0, 0.1) is 13.8 Å². The first-order valence-corrected chi connectivity index (χ1v) is 11.7. The fourth-order valence-electron chi connectivity index (χ4n) is 3.02. The van der Waals surface area contributed by atoms with Gasteiger partial charge in [-0.15, -0.1) is 0 Å². The number of rotatable bonds is 6. The first kappa shape index (κ1) is 21.2. The van der Waals surface area contributed by atoms with E-state index in [0.29, 0.717) is 5.69 Å². The van der Waals surface area contributed by atoms with E-state index in [1.54, 1.807) is 4.68 Å². The molecule has 2 aromatic carbocycles. The second-order valence-corrected chi connectivity index (χ2v) is 10.3. The number of para-hydroxylation sites is 1. The first-order valence-electron chi connectivity index (χ1n) is 8.71. The minimum absolute atomic E-state index is 0.0897. The van der Waals surface area contributed by atoms with Crippen LogP contribution in [-0.4, -0.2) is 38.0 Å². The van der Waals surface area contributed by atoms with Gasteiger partial charge in [-0.25, -0.2) is 26.7 Å². The van der Waals surface area contributed by atoms with Crippen molar-refractivity contribution in [2.75, 3.05) is 7.05 Å². The molecule has 0 amide bonds. The van der Waals surface area contributed by atoms with Gasteiger partial charge in [0.05, 0.1) is 21.2 Å². The number of primary sulfonamides is 1. The SMILES string of the molecule is Cc1nn(-c2ccccc2)c(C)c1CN(C)S(=O)(=O)c1cccc(S(N)(=O)=O)c1. The van der Waals surface area contributed by atoms with Crippen molar-refractivity contribution in [3.8, 4) is 5.69 Å². The topological polar surface area (TPSA) is 115 Å². The summed E-state index contributed by atoms with van der Waals surface area (Å²) >= 11 is 0. The molecule has 0 radical (unpaired) electrons. The Bertz CT molecular complexity index is 1250. The lowest BCUT2D eigenvalue weighted by molar-refractivity contribution is 0.465. The van der Waals surface area contributed by atoms with E-state index in [9.17, 15) is 16.8 Å². The van der Waals surface area contributed by atoms with Gasteiger partial charge < -0.3 is 0 Å². The number of nitrogens with zero attached hydrogens (tertiary/aromatic N) is 3. The fourth-order valence-corrected chi connectivity index (χ4v) is 4.84. The molecule has 0 aliphatic carbocycles. The zero-order valence-electron chi connectivity index (χ0n) is 16.3. The average molecular weight is 435 g/mol. The second-order valence-electron chi connectivity index (χ2n) is 6.68. The van der Waals surface area contributed by atoms with Crippen molar-refractivity contribution < 1.29 is 16.8 Å². The van der Waals surface area contributed by atoms with E-state index in [1.807, 2.05) is 44.2 Å². The van der Waals surface area contributed by atoms with Crippen molar-refractivity contribution in [3.05, 3.63) is 71.5 Å². The van der Waals surface area contributed by atoms with Crippen LogP contribution >= 0.6 is 0 Å². The summed E-state index contributed by atoms with van der Waals surface area (Å²) in [5.74, 6) is 0. The molecule has 2 N–H and O–H groups in total. The summed E-state index contributed by atoms with van der Waals surface area (Å²) in [5, 5.41) is 9.65. The van der Waals surface area contributed by atoms with Crippen LogP contribution in [0.5, 0.6) is 0 Å². The van der Waals surface area contributed by atoms with Gasteiger partial charge in [0.15, 0.2) is 0 Å². The highest BCUT2D eigenvalue weighted by atomic mass is 32.2. The molecule has 154 valence electrons. The third-order valence-corrected chi connectivity index (χ3v) is 7.38. The molecule has 0 bridgehead atoms. The highest BCUT2D eigenvalue weighted by molar-refractivity contribution is 7.90. The Morgan fingerprint density at radius 2 is 1.59 bits per heavy atom. The van der Waals surface area contributed by atoms with Gasteiger partial charge in [-0.3, -0.25) is 0 Å². The van der Waals surface area contributed by atoms with E-state index in [4.69, 9.17) is 5.14 Å². The van der Waals surface area contributed by atoms with Crippen molar-refractivity contribution >= 4 is 20.0 Å². The maximum atomic E-state index is 13.0. The van der Waals surface area contributed by atoms with Crippen LogP contribution in [0.4, 0.5) is 0 Å². The van der Waals surface area contributed by atoms with Gasteiger partial charge in [0.2, 0.25) is 20.0 Å². The van der Waals surface area contributed by atoms with Crippen LogP contribution < -0.4 is 5.14 Å². The van der Waals surface area contributed by atoms with Gasteiger partial charge in [0.25, 0.3) is 0 Å². The van der Waals surface area contributed by atoms with Gasteiger partial charge in [0, 0.05) is 24.8 Å². The van der Waals surface area contributed by atoms with Crippen LogP contribution in [-0.2, 0) is 26.6 Å². The molecule has 1 heterocycles. The summed E-state index contributed by atoms with van der Waals surface area (Å²) in [6, 6.07) is 14.6. The van der Waals surface area contributed by atoms with Gasteiger partial charge in [-0.05, 0) is 44.2 Å². The molecule has 0 spiro atoms. The van der Waals surface area contributed by atoms with E-state index < -0.39 is 20.0 Å². The van der Waals surface area contributed by atoms with Gasteiger partial charge in [-0.2, -0.15) is 9.40 Å². The number of nitrogens with two attached hydrogens (primary N) is 1. The van der Waals surface area contributed by atoms with Crippen molar-refractivity contribution in [2.45, 2.75) is 30.2 Å². The molecule has 0 saturated carbocycles. The number of aromatic nitrogens is 2. The number of aryl methyl sites for hydroxylation is 1. The smallest absolute Gasteiger partial charge is 0.238 e. The Labute approximate surface area is 170 Å². The zero-order valence-corrected chi connectivity index (χ0v) is 17.9. The van der Waals surface area contributed by atoms with Crippen molar-refractivity contribution in [3.63, 3.8) is 0 Å². The molecule has 10 heteroatoms. The molecule has 1 aromatic heterocycles. The zero-order chi connectivity index (χ0) is 21.4. The maximum absolute atomic E-state index is 13.0. The number of hydrogen-bond donors (Lipinski definition) is 1. The second kappa shape index (κ2) is 7.71. The van der Waals surface area contributed by atoms with Gasteiger partial charge >= 0.3 is 0 Å². The molecule has 3 rings (SSSR count). The van der Waals surface area contributed by atoms with E-state index >= 15 is 0 Å². The predicted molar refractivity (Wildman–Crippen MR) is 110 cm³/mol. The van der Waals surface area contributed by atoms with Crippen LogP contribution in [0.1, 0.15) is 17.0 Å². The number of hydrogen-bond acceptors (Lipinski definition) is 5. The van der Waals surface area contributed by atoms with E-state index in [0.717, 1.165) is 23.0 Å². The Kier molecular flexibility index (Phi) is 5.63. The molecule has 0 fully saturated rings. The standard InChI is InChI=1S/C19H22N4O4S2/c1-14-19(15(2)23(21-14)16-8-5-4-6-9-16)13-22(3)29(26,27)18-11-7-10-17(12-18)28(20,24)25/h4-12H,13H2,1-3H3,(H2,20,24,25). The average Bonchev–Trinajstić information content (AvgIpc) is 2.96. The molecule has 3 aromatic rings. The third-order valence-electron chi connectivity index (χ3n) is 4.66. The Balaban J connectivity index is 1.95. The lowest BCUT2D eigenvalue weighted by Crippen LogP contribution is -2.27. The number of sulfonamides is 2. The van der Waals surface area contributed by atoms with Crippen molar-refractivity contribution in [1.29, 1.82) is 0 Å². The van der Waals surface area contributed by atoms with E-state index in [-0.39, 0.29) is 16.3 Å². The predicted octanol–water partition coefficient (Wildman–Crippen LogP) is 1.96. The summed E-state index contributed by atoms with van der Waals surface area (Å²) in [4.78, 5) is -0.395. The Morgan fingerprint density at radius 1 is 0.966 bits per heavy atom. The summed E-state index contributed by atoms with van der Waals surface area (Å²) < 4.78 is 52.0. The minimum atomic E-state index is -4.01. The summed E-state index contributed by atoms with van der Waals surface area (Å²) in [6.07, 6.45) is 0. The third kappa shape index (κ3) is 4.25. The quantitative estimate of drug-likeness (QED) is 0.637. The molecule has 0 saturated heterocycles. The van der Waals surface area contributed by atoms with Crippen LogP contribution in [0.25, 0.3) is 5.69 Å². The summed E-state index contributed by atoms with van der Waals surface area (Å²) in [7, 11) is -6.50. The monoisotopic (exact) mass is 434 g/mol. The largest absolute Gasteiger partial charge is 0.243 e. The van der Waals surface area contributed by atoms with E-state index in [1.165, 1.54) is 29.6 Å². The minimum Gasteiger partial charge on any atom is -0.238 e. The number of benzene rings is 2. The van der Waals surface area contributed by atoms with Crippen molar-refractivity contribution in [2.24, 2.45) is 5.14 Å². The molecular formula is C19H22N4O4S2. The normalized spacial score (nSPS) is 12.4. The van der Waals surface area contributed by atoms with Gasteiger partial charge in [0.1, 0.15) is 0 Å². The molecule has 8 nitrogen and oxygen atoms in total. The first-order chi connectivity index (χ1) is 13.5. The molecular weight excluding hydrogens is 412 g/mol. The molecule has 29 heavy (non-hydrogen) atoms. The maximum Gasteiger partial charge on any atom is 0.243 e. The highest BCUT2D eigenvalue weighted by Gasteiger charge is 2.25. The van der Waals surface area contributed by atoms with Crippen LogP contribution in [0.15, 0.2) is 64.4 Å². The van der Waals surface area contributed by atoms with Crippen molar-refractivity contribution in [1.82, 2.24) is 14.1 Å². The lowest BCUT2D eigenvalue weighted by atomic mass is 10.2. The van der Waals surface area contributed by atoms with Gasteiger partial charge in [-0.1, -0.05) is 24.3 Å². The fraction of sp³-hybridized carbons (Fsp3) is 0.211. The van der Waals surface area contributed by atoms with Crippen LogP contribution in [0.2, 0.25) is 0 Å². The highest BCUT2D eigenvalue weighted by Crippen LogP contribution is 2.23. The summed E-state index contributed by atoms with van der Waals surface area (Å²) in [6.45, 7) is 3.79. The molecule has 0 aliphatic rings. The molecule has 0 atom stereocenters.